The van der Waals surface area contributed by atoms with E-state index in [1.807, 2.05) is 17.4 Å². The number of para-hydroxylation sites is 1. The first-order valence-corrected chi connectivity index (χ1v) is 19.9. The predicted octanol–water partition coefficient (Wildman–Crippen LogP) is 13.6. The summed E-state index contributed by atoms with van der Waals surface area (Å²) in [7, 11) is 0. The van der Waals surface area contributed by atoms with E-state index >= 15 is 0 Å². The van der Waals surface area contributed by atoms with Crippen LogP contribution in [0.5, 0.6) is 0 Å². The number of rotatable bonds is 4. The molecule has 0 bridgehead atoms. The molecule has 254 valence electrons. The highest BCUT2D eigenvalue weighted by molar-refractivity contribution is 7.27. The van der Waals surface area contributed by atoms with Crippen LogP contribution in [-0.4, -0.2) is 14.5 Å². The fraction of sp³-hybridized carbons (Fsp3) is 0.0612. The molecule has 0 aliphatic heterocycles. The molecule has 1 aliphatic carbocycles. The zero-order valence-corrected chi connectivity index (χ0v) is 31.1. The number of thiophene rings is 2. The highest BCUT2D eigenvalue weighted by Gasteiger charge is 2.26. The van der Waals surface area contributed by atoms with Crippen molar-refractivity contribution in [3.05, 3.63) is 150 Å². The number of hydrogen-bond donors (Lipinski definition) is 0. The molecule has 6 aromatic carbocycles. The summed E-state index contributed by atoms with van der Waals surface area (Å²) >= 11 is 3.58. The second-order valence-electron chi connectivity index (χ2n) is 13.8. The van der Waals surface area contributed by atoms with E-state index in [-0.39, 0.29) is 0 Å². The van der Waals surface area contributed by atoms with Crippen LogP contribution in [0, 0.1) is 12.3 Å². The first kappa shape index (κ1) is 31.2. The van der Waals surface area contributed by atoms with Gasteiger partial charge >= 0.3 is 0 Å². The predicted molar refractivity (Wildman–Crippen MR) is 233 cm³/mol. The van der Waals surface area contributed by atoms with E-state index < -0.39 is 0 Å². The van der Waals surface area contributed by atoms with Crippen LogP contribution in [0.15, 0.2) is 127 Å². The molecule has 0 fully saturated rings. The lowest BCUT2D eigenvalue weighted by atomic mass is 9.88. The van der Waals surface area contributed by atoms with E-state index in [1.165, 1.54) is 57.8 Å². The average molecular weight is 726 g/mol. The lowest BCUT2D eigenvalue weighted by Crippen LogP contribution is -1.99. The minimum absolute atomic E-state index is 0.889. The van der Waals surface area contributed by atoms with E-state index in [0.29, 0.717) is 0 Å². The average Bonchev–Trinajstić information content (AvgIpc) is 3.91. The lowest BCUT2D eigenvalue weighted by Gasteiger charge is -2.17. The summed E-state index contributed by atoms with van der Waals surface area (Å²) in [6.07, 6.45) is 17.1. The number of aromatic nitrogens is 3. The first-order valence-electron chi connectivity index (χ1n) is 18.3. The Morgan fingerprint density at radius 3 is 2.31 bits per heavy atom. The van der Waals surface area contributed by atoms with Gasteiger partial charge in [-0.05, 0) is 72.9 Å². The molecule has 10 aromatic rings. The zero-order chi connectivity index (χ0) is 35.9. The Bertz CT molecular complexity index is 3280. The molecule has 11 rings (SSSR count). The van der Waals surface area contributed by atoms with Gasteiger partial charge < -0.3 is 4.57 Å². The maximum atomic E-state index is 6.10. The summed E-state index contributed by atoms with van der Waals surface area (Å²) in [5.74, 6) is 2.97. The number of benzene rings is 6. The minimum atomic E-state index is 0.889. The maximum Gasteiger partial charge on any atom is 0.143 e. The van der Waals surface area contributed by atoms with Crippen LogP contribution in [0.25, 0.3) is 103 Å². The SMILES string of the molecule is C#Cc1ccc2sc3c(c4c(c5c6ccccc6n(-c6ccc(-c7nc8c(nc7-c7ccccc7)sc7ccccc78)cc6)c35)CCC=C4)c2c1/C=C\C. The Labute approximate surface area is 320 Å². The Morgan fingerprint density at radius 1 is 0.722 bits per heavy atom. The maximum absolute atomic E-state index is 6.10. The second-order valence-corrected chi connectivity index (χ2v) is 15.9. The molecule has 0 N–H and O–H groups in total. The summed E-state index contributed by atoms with van der Waals surface area (Å²) in [5.41, 5.74) is 13.2. The molecule has 0 radical (unpaired) electrons. The molecule has 0 amide bonds. The summed E-state index contributed by atoms with van der Waals surface area (Å²) in [6, 6.07) is 41.1. The van der Waals surface area contributed by atoms with Crippen LogP contribution in [0.1, 0.15) is 35.6 Å². The molecule has 1 aliphatic rings. The fourth-order valence-electron chi connectivity index (χ4n) is 8.58. The third-order valence-corrected chi connectivity index (χ3v) is 13.1. The van der Waals surface area contributed by atoms with Crippen molar-refractivity contribution in [1.29, 1.82) is 0 Å². The van der Waals surface area contributed by atoms with Gasteiger partial charge in [0.2, 0.25) is 0 Å². The van der Waals surface area contributed by atoms with Gasteiger partial charge in [-0.1, -0.05) is 109 Å². The standard InChI is InChI=1S/C49H31N3S2/c1-3-14-33-29(4-2)25-28-40-42(33)43-35-18-9-8-17-34(35)41-36-19-10-12-21-38(36)52(47(41)48(43)53-40)32-26-23-31(24-27-32)44-45(30-15-6-5-7-16-30)51-49-46(50-44)37-20-11-13-22-39(37)54-49/h2-3,5-7,9-16,18-28H,8,17H2,1H3/b14-3-. The topological polar surface area (TPSA) is 30.7 Å². The van der Waals surface area contributed by atoms with Gasteiger partial charge in [-0.25, -0.2) is 9.97 Å². The summed E-state index contributed by atoms with van der Waals surface area (Å²) in [5, 5.41) is 6.34. The molecule has 0 atom stereocenters. The molecule has 0 saturated heterocycles. The summed E-state index contributed by atoms with van der Waals surface area (Å²) in [6.45, 7) is 2.07. The normalized spacial score (nSPS) is 13.0. The smallest absolute Gasteiger partial charge is 0.143 e. The van der Waals surface area contributed by atoms with E-state index in [2.05, 4.69) is 151 Å². The highest BCUT2D eigenvalue weighted by atomic mass is 32.1. The Morgan fingerprint density at radius 2 is 1.48 bits per heavy atom. The third kappa shape index (κ3) is 4.48. The Hall–Kier alpha value is -6.32. The number of aryl methyl sites for hydroxylation is 1. The van der Waals surface area contributed by atoms with Gasteiger partial charge in [0.05, 0.1) is 27.1 Å². The fourth-order valence-corrected chi connectivity index (χ4v) is 10.9. The quantitative estimate of drug-likeness (QED) is 0.169. The van der Waals surface area contributed by atoms with Crippen molar-refractivity contribution >= 4 is 97.2 Å². The first-order chi connectivity index (χ1) is 26.7. The van der Waals surface area contributed by atoms with Crippen LogP contribution in [0.4, 0.5) is 0 Å². The van der Waals surface area contributed by atoms with Crippen LogP contribution in [0.3, 0.4) is 0 Å². The van der Waals surface area contributed by atoms with E-state index in [1.54, 1.807) is 11.3 Å². The highest BCUT2D eigenvalue weighted by Crippen LogP contribution is 2.50. The number of terminal acetylenes is 1. The van der Waals surface area contributed by atoms with Gasteiger partial charge in [0.15, 0.2) is 0 Å². The van der Waals surface area contributed by atoms with Gasteiger partial charge in [0, 0.05) is 58.7 Å². The third-order valence-electron chi connectivity index (χ3n) is 10.9. The molecular formula is C49H31N3S2. The molecule has 4 heterocycles. The second kappa shape index (κ2) is 12.1. The van der Waals surface area contributed by atoms with Crippen molar-refractivity contribution in [1.82, 2.24) is 14.5 Å². The Kier molecular flexibility index (Phi) is 7.00. The van der Waals surface area contributed by atoms with Crippen molar-refractivity contribution in [2.75, 3.05) is 0 Å². The van der Waals surface area contributed by atoms with Crippen LogP contribution in [0.2, 0.25) is 0 Å². The van der Waals surface area contributed by atoms with Gasteiger partial charge in [-0.2, -0.15) is 0 Å². The van der Waals surface area contributed by atoms with Crippen LogP contribution < -0.4 is 0 Å². The van der Waals surface area contributed by atoms with Gasteiger partial charge in [0.25, 0.3) is 0 Å². The van der Waals surface area contributed by atoms with Gasteiger partial charge in [-0.3, -0.25) is 0 Å². The van der Waals surface area contributed by atoms with E-state index in [0.717, 1.165) is 67.9 Å². The monoisotopic (exact) mass is 725 g/mol. The van der Waals surface area contributed by atoms with Crippen LogP contribution >= 0.6 is 22.7 Å². The van der Waals surface area contributed by atoms with Crippen molar-refractivity contribution in [3.63, 3.8) is 0 Å². The minimum Gasteiger partial charge on any atom is -0.308 e. The van der Waals surface area contributed by atoms with Crippen molar-refractivity contribution in [2.24, 2.45) is 0 Å². The Balaban J connectivity index is 1.20. The molecule has 5 heteroatoms. The zero-order valence-electron chi connectivity index (χ0n) is 29.4. The number of hydrogen-bond acceptors (Lipinski definition) is 4. The van der Waals surface area contributed by atoms with E-state index in [9.17, 15) is 0 Å². The van der Waals surface area contributed by atoms with Crippen molar-refractivity contribution < 1.29 is 0 Å². The number of allylic oxidation sites excluding steroid dienone is 2. The number of nitrogens with zero attached hydrogens (tertiary/aromatic N) is 3. The van der Waals surface area contributed by atoms with Crippen molar-refractivity contribution in [2.45, 2.75) is 19.8 Å². The molecule has 0 saturated carbocycles. The summed E-state index contributed by atoms with van der Waals surface area (Å²) in [4.78, 5) is 11.6. The lowest BCUT2D eigenvalue weighted by molar-refractivity contribution is 1.00. The largest absolute Gasteiger partial charge is 0.308 e. The summed E-state index contributed by atoms with van der Waals surface area (Å²) < 4.78 is 6.23. The molecule has 4 aromatic heterocycles. The molecule has 0 spiro atoms. The van der Waals surface area contributed by atoms with Crippen molar-refractivity contribution in [3.8, 4) is 40.5 Å². The number of fused-ring (bicyclic) bond motifs is 13. The molecule has 3 nitrogen and oxygen atoms in total. The van der Waals surface area contributed by atoms with Gasteiger partial charge in [0.1, 0.15) is 10.3 Å². The van der Waals surface area contributed by atoms with Crippen LogP contribution in [-0.2, 0) is 6.42 Å². The molecule has 0 unspecified atom stereocenters. The van der Waals surface area contributed by atoms with E-state index in [4.69, 9.17) is 16.4 Å². The van der Waals surface area contributed by atoms with Gasteiger partial charge in [-0.15, -0.1) is 29.1 Å². The molecular weight excluding hydrogens is 695 g/mol. The molecule has 54 heavy (non-hydrogen) atoms.